The Morgan fingerprint density at radius 2 is 2.05 bits per heavy atom. The van der Waals surface area contributed by atoms with Gasteiger partial charge in [0.1, 0.15) is 5.75 Å². The fourth-order valence-corrected chi connectivity index (χ4v) is 1.69. The van der Waals surface area contributed by atoms with Crippen LogP contribution >= 0.6 is 0 Å². The van der Waals surface area contributed by atoms with E-state index in [0.29, 0.717) is 11.5 Å². The maximum atomic E-state index is 11.7. The molecule has 5 heteroatoms. The highest BCUT2D eigenvalue weighted by Crippen LogP contribution is 2.11. The van der Waals surface area contributed by atoms with Gasteiger partial charge >= 0.3 is 0 Å². The molecule has 0 spiro atoms. The van der Waals surface area contributed by atoms with E-state index in [1.807, 2.05) is 50.2 Å². The molecule has 1 aromatic heterocycles. The largest absolute Gasteiger partial charge is 0.484 e. The van der Waals surface area contributed by atoms with Crippen LogP contribution in [0.2, 0.25) is 0 Å². The molecule has 0 aliphatic rings. The van der Waals surface area contributed by atoms with Crippen molar-refractivity contribution in [3.05, 3.63) is 59.9 Å². The van der Waals surface area contributed by atoms with E-state index in [9.17, 15) is 4.79 Å². The topological polar surface area (TPSA) is 63.6 Å². The van der Waals surface area contributed by atoms with Crippen molar-refractivity contribution in [2.24, 2.45) is 5.10 Å². The lowest BCUT2D eigenvalue weighted by atomic mass is 10.2. The van der Waals surface area contributed by atoms with Crippen LogP contribution in [0.5, 0.6) is 5.75 Å². The van der Waals surface area contributed by atoms with Gasteiger partial charge in [-0.2, -0.15) is 5.10 Å². The summed E-state index contributed by atoms with van der Waals surface area (Å²) in [4.78, 5) is 15.6. The van der Waals surface area contributed by atoms with Gasteiger partial charge in [0.2, 0.25) is 0 Å². The third kappa shape index (κ3) is 4.72. The van der Waals surface area contributed by atoms with Crippen LogP contribution in [-0.2, 0) is 4.79 Å². The molecule has 2 rings (SSSR count). The van der Waals surface area contributed by atoms with E-state index in [4.69, 9.17) is 4.74 Å². The number of hydrazone groups is 1. The molecule has 108 valence electrons. The molecule has 0 bridgehead atoms. The van der Waals surface area contributed by atoms with Crippen molar-refractivity contribution in [2.45, 2.75) is 13.8 Å². The van der Waals surface area contributed by atoms with Crippen LogP contribution < -0.4 is 10.2 Å². The predicted octanol–water partition coefficient (Wildman–Crippen LogP) is 2.31. The molecule has 21 heavy (non-hydrogen) atoms. The average molecular weight is 283 g/mol. The molecule has 0 atom stereocenters. The third-order valence-electron chi connectivity index (χ3n) is 2.81. The molecule has 2 aromatic rings. The summed E-state index contributed by atoms with van der Waals surface area (Å²) >= 11 is 0. The normalized spacial score (nSPS) is 11.0. The van der Waals surface area contributed by atoms with Gasteiger partial charge in [-0.1, -0.05) is 12.1 Å². The highest BCUT2D eigenvalue weighted by atomic mass is 16.5. The minimum Gasteiger partial charge on any atom is -0.484 e. The van der Waals surface area contributed by atoms with Gasteiger partial charge in [0, 0.05) is 18.0 Å². The number of pyridine rings is 1. The van der Waals surface area contributed by atoms with Gasteiger partial charge in [-0.3, -0.25) is 9.78 Å². The first kappa shape index (κ1) is 14.7. The van der Waals surface area contributed by atoms with Gasteiger partial charge in [-0.25, -0.2) is 5.43 Å². The number of carbonyl (C=O) groups excluding carboxylic acids is 1. The van der Waals surface area contributed by atoms with Crippen molar-refractivity contribution >= 4 is 11.6 Å². The summed E-state index contributed by atoms with van der Waals surface area (Å²) in [5.74, 6) is 0.366. The highest BCUT2D eigenvalue weighted by molar-refractivity contribution is 5.99. The molecular formula is C16H17N3O2. The summed E-state index contributed by atoms with van der Waals surface area (Å²) < 4.78 is 5.40. The quantitative estimate of drug-likeness (QED) is 0.676. The Hall–Kier alpha value is -2.69. The van der Waals surface area contributed by atoms with Crippen molar-refractivity contribution < 1.29 is 9.53 Å². The monoisotopic (exact) mass is 283 g/mol. The number of benzene rings is 1. The van der Waals surface area contributed by atoms with Crippen molar-refractivity contribution in [2.75, 3.05) is 6.61 Å². The van der Waals surface area contributed by atoms with Crippen LogP contribution in [0, 0.1) is 6.92 Å². The van der Waals surface area contributed by atoms with Crippen molar-refractivity contribution in [1.29, 1.82) is 0 Å². The van der Waals surface area contributed by atoms with E-state index in [0.717, 1.165) is 11.1 Å². The van der Waals surface area contributed by atoms with E-state index < -0.39 is 0 Å². The Morgan fingerprint density at radius 1 is 1.29 bits per heavy atom. The van der Waals surface area contributed by atoms with E-state index in [1.54, 1.807) is 12.4 Å². The first-order valence-electron chi connectivity index (χ1n) is 6.58. The second-order valence-corrected chi connectivity index (χ2v) is 4.57. The highest BCUT2D eigenvalue weighted by Gasteiger charge is 2.03. The van der Waals surface area contributed by atoms with Crippen molar-refractivity contribution in [3.8, 4) is 5.75 Å². The van der Waals surface area contributed by atoms with Gasteiger partial charge in [0.25, 0.3) is 5.91 Å². The average Bonchev–Trinajstić information content (AvgIpc) is 2.51. The van der Waals surface area contributed by atoms with Crippen LogP contribution in [0.3, 0.4) is 0 Å². The molecule has 0 aliphatic carbocycles. The number of hydrogen-bond acceptors (Lipinski definition) is 4. The molecule has 0 saturated carbocycles. The van der Waals surface area contributed by atoms with Gasteiger partial charge in [0.15, 0.2) is 6.61 Å². The number of aryl methyl sites for hydroxylation is 1. The molecule has 1 aromatic carbocycles. The number of rotatable bonds is 5. The maximum Gasteiger partial charge on any atom is 0.277 e. The molecule has 1 heterocycles. The van der Waals surface area contributed by atoms with Crippen LogP contribution in [0.1, 0.15) is 18.1 Å². The van der Waals surface area contributed by atoms with Gasteiger partial charge in [-0.15, -0.1) is 0 Å². The maximum absolute atomic E-state index is 11.7. The third-order valence-corrected chi connectivity index (χ3v) is 2.81. The number of carbonyl (C=O) groups is 1. The van der Waals surface area contributed by atoms with Crippen molar-refractivity contribution in [1.82, 2.24) is 10.4 Å². The molecular weight excluding hydrogens is 266 g/mol. The summed E-state index contributed by atoms with van der Waals surface area (Å²) in [5.41, 5.74) is 5.17. The second kappa shape index (κ2) is 7.19. The molecule has 0 fully saturated rings. The molecule has 1 N–H and O–H groups in total. The minimum atomic E-state index is -0.301. The number of ether oxygens (including phenoxy) is 1. The lowest BCUT2D eigenvalue weighted by Crippen LogP contribution is -2.25. The lowest BCUT2D eigenvalue weighted by Gasteiger charge is -2.06. The van der Waals surface area contributed by atoms with E-state index >= 15 is 0 Å². The fourth-order valence-electron chi connectivity index (χ4n) is 1.69. The first-order valence-corrected chi connectivity index (χ1v) is 6.58. The molecule has 0 radical (unpaired) electrons. The molecule has 5 nitrogen and oxygen atoms in total. The summed E-state index contributed by atoms with van der Waals surface area (Å²) in [6, 6.07) is 11.2. The van der Waals surface area contributed by atoms with E-state index in [1.165, 1.54) is 0 Å². The van der Waals surface area contributed by atoms with Crippen LogP contribution in [0.15, 0.2) is 53.9 Å². The zero-order chi connectivity index (χ0) is 15.1. The Morgan fingerprint density at radius 3 is 2.76 bits per heavy atom. The number of aromatic nitrogens is 1. The lowest BCUT2D eigenvalue weighted by molar-refractivity contribution is -0.123. The molecule has 1 amide bonds. The summed E-state index contributed by atoms with van der Waals surface area (Å²) in [6.45, 7) is 3.71. The molecule has 0 saturated heterocycles. The SMILES string of the molecule is C/C(=N\NC(=O)COc1cccc(C)c1)c1ccncc1. The van der Waals surface area contributed by atoms with Crippen LogP contribution in [0.25, 0.3) is 0 Å². The first-order chi connectivity index (χ1) is 10.1. The predicted molar refractivity (Wildman–Crippen MR) is 81.3 cm³/mol. The zero-order valence-corrected chi connectivity index (χ0v) is 12.0. The van der Waals surface area contributed by atoms with Gasteiger partial charge < -0.3 is 4.74 Å². The van der Waals surface area contributed by atoms with Gasteiger partial charge in [-0.05, 0) is 43.7 Å². The number of hydrogen-bond donors (Lipinski definition) is 1. The van der Waals surface area contributed by atoms with E-state index in [-0.39, 0.29) is 12.5 Å². The fraction of sp³-hybridized carbons (Fsp3) is 0.188. The Balaban J connectivity index is 1.85. The van der Waals surface area contributed by atoms with Crippen LogP contribution in [0.4, 0.5) is 0 Å². The second-order valence-electron chi connectivity index (χ2n) is 4.57. The standard InChI is InChI=1S/C16H17N3O2/c1-12-4-3-5-15(10-12)21-11-16(20)19-18-13(2)14-6-8-17-9-7-14/h3-10H,11H2,1-2H3,(H,19,20)/b18-13+. The van der Waals surface area contributed by atoms with E-state index in [2.05, 4.69) is 15.5 Å². The molecule has 0 unspecified atom stereocenters. The summed E-state index contributed by atoms with van der Waals surface area (Å²) in [6.07, 6.45) is 3.36. The van der Waals surface area contributed by atoms with Crippen LogP contribution in [-0.4, -0.2) is 23.2 Å². The Bertz CT molecular complexity index is 639. The molecule has 0 aliphatic heterocycles. The number of amides is 1. The number of nitrogens with one attached hydrogen (secondary N) is 1. The Kier molecular flexibility index (Phi) is 5.04. The zero-order valence-electron chi connectivity index (χ0n) is 12.0. The van der Waals surface area contributed by atoms with Gasteiger partial charge in [0.05, 0.1) is 5.71 Å². The minimum absolute atomic E-state index is 0.0728. The summed E-state index contributed by atoms with van der Waals surface area (Å²) in [5, 5.41) is 4.03. The Labute approximate surface area is 123 Å². The van der Waals surface area contributed by atoms with Crippen molar-refractivity contribution in [3.63, 3.8) is 0 Å². The summed E-state index contributed by atoms with van der Waals surface area (Å²) in [7, 11) is 0. The smallest absolute Gasteiger partial charge is 0.277 e. The number of nitrogens with zero attached hydrogens (tertiary/aromatic N) is 2.